The van der Waals surface area contributed by atoms with Gasteiger partial charge in [-0.1, -0.05) is 24.4 Å². The number of rotatable bonds is 2. The van der Waals surface area contributed by atoms with Gasteiger partial charge in [0, 0.05) is 12.8 Å². The quantitative estimate of drug-likeness (QED) is 0.670. The topological polar surface area (TPSA) is 61.6 Å². The second kappa shape index (κ2) is 5.85. The molecule has 1 saturated carbocycles. The Morgan fingerprint density at radius 2 is 2.14 bits per heavy atom. The maximum Gasteiger partial charge on any atom is 0.338 e. The molecule has 1 aromatic carbocycles. The maximum absolute atomic E-state index is 12.2. The van der Waals surface area contributed by atoms with Crippen LogP contribution in [-0.2, 0) is 9.47 Å². The summed E-state index contributed by atoms with van der Waals surface area (Å²) in [7, 11) is 0. The Morgan fingerprint density at radius 1 is 1.38 bits per heavy atom. The van der Waals surface area contributed by atoms with E-state index in [4.69, 9.17) is 26.8 Å². The van der Waals surface area contributed by atoms with Gasteiger partial charge < -0.3 is 15.2 Å². The van der Waals surface area contributed by atoms with Crippen molar-refractivity contribution in [1.82, 2.24) is 0 Å². The van der Waals surface area contributed by atoms with Gasteiger partial charge in [-0.05, 0) is 31.0 Å². The SMILES string of the molecule is Nc1cc(C(=O)OC2CCOC3(CCCC3)C2)ccc1Cl. The van der Waals surface area contributed by atoms with E-state index < -0.39 is 0 Å². The van der Waals surface area contributed by atoms with Crippen molar-refractivity contribution < 1.29 is 14.3 Å². The first-order chi connectivity index (χ1) is 10.1. The molecular formula is C16H20ClNO3. The summed E-state index contributed by atoms with van der Waals surface area (Å²) in [6.07, 6.45) is 6.06. The van der Waals surface area contributed by atoms with Crippen LogP contribution in [0.4, 0.5) is 5.69 Å². The highest BCUT2D eigenvalue weighted by Gasteiger charge is 2.41. The molecule has 2 aliphatic rings. The summed E-state index contributed by atoms with van der Waals surface area (Å²) in [6, 6.07) is 4.83. The fraction of sp³-hybridized carbons (Fsp3) is 0.562. The highest BCUT2D eigenvalue weighted by atomic mass is 35.5. The van der Waals surface area contributed by atoms with Gasteiger partial charge in [0.25, 0.3) is 0 Å². The van der Waals surface area contributed by atoms with Gasteiger partial charge in [0.05, 0.1) is 28.5 Å². The molecule has 1 aromatic rings. The molecule has 0 amide bonds. The molecule has 114 valence electrons. The monoisotopic (exact) mass is 309 g/mol. The molecule has 5 heteroatoms. The Bertz CT molecular complexity index is 540. The highest BCUT2D eigenvalue weighted by molar-refractivity contribution is 6.33. The summed E-state index contributed by atoms with van der Waals surface area (Å²) in [5, 5.41) is 0.447. The van der Waals surface area contributed by atoms with Gasteiger partial charge in [-0.15, -0.1) is 0 Å². The summed E-state index contributed by atoms with van der Waals surface area (Å²) >= 11 is 5.87. The van der Waals surface area contributed by atoms with Crippen LogP contribution in [0.15, 0.2) is 18.2 Å². The molecule has 3 rings (SSSR count). The van der Waals surface area contributed by atoms with Gasteiger partial charge >= 0.3 is 5.97 Å². The normalized spacial score (nSPS) is 24.1. The van der Waals surface area contributed by atoms with Crippen molar-refractivity contribution in [3.63, 3.8) is 0 Å². The fourth-order valence-corrected chi connectivity index (χ4v) is 3.46. The van der Waals surface area contributed by atoms with Crippen LogP contribution in [0.5, 0.6) is 0 Å². The van der Waals surface area contributed by atoms with E-state index in [1.807, 2.05) is 0 Å². The first-order valence-electron chi connectivity index (χ1n) is 7.48. The van der Waals surface area contributed by atoms with Crippen molar-refractivity contribution >= 4 is 23.3 Å². The van der Waals surface area contributed by atoms with Gasteiger partial charge in [0.1, 0.15) is 6.10 Å². The second-order valence-corrected chi connectivity index (χ2v) is 6.40. The number of halogens is 1. The van der Waals surface area contributed by atoms with E-state index in [0.29, 0.717) is 22.9 Å². The minimum atomic E-state index is -0.335. The summed E-state index contributed by atoms with van der Waals surface area (Å²) < 4.78 is 11.6. The first-order valence-corrected chi connectivity index (χ1v) is 7.86. The highest BCUT2D eigenvalue weighted by Crippen LogP contribution is 2.40. The molecule has 1 aliphatic heterocycles. The van der Waals surface area contributed by atoms with E-state index in [1.165, 1.54) is 12.8 Å². The van der Waals surface area contributed by atoms with Crippen molar-refractivity contribution in [3.05, 3.63) is 28.8 Å². The van der Waals surface area contributed by atoms with Crippen LogP contribution in [0, 0.1) is 0 Å². The number of nitrogen functional groups attached to an aromatic ring is 1. The molecule has 21 heavy (non-hydrogen) atoms. The predicted molar refractivity (Wildman–Crippen MR) is 81.5 cm³/mol. The van der Waals surface area contributed by atoms with Crippen LogP contribution in [0.25, 0.3) is 0 Å². The number of anilines is 1. The maximum atomic E-state index is 12.2. The van der Waals surface area contributed by atoms with Crippen LogP contribution in [0.2, 0.25) is 5.02 Å². The third kappa shape index (κ3) is 3.16. The van der Waals surface area contributed by atoms with Crippen molar-refractivity contribution in [3.8, 4) is 0 Å². The standard InChI is InChI=1S/C16H20ClNO3/c17-13-4-3-11(9-14(13)18)15(19)21-12-5-8-20-16(10-12)6-1-2-7-16/h3-4,9,12H,1-2,5-8,10,18H2. The predicted octanol–water partition coefficient (Wildman–Crippen LogP) is 3.57. The van der Waals surface area contributed by atoms with Crippen molar-refractivity contribution in [2.75, 3.05) is 12.3 Å². The number of hydrogen-bond donors (Lipinski definition) is 1. The van der Waals surface area contributed by atoms with Gasteiger partial charge in [0.15, 0.2) is 0 Å². The Hall–Kier alpha value is -1.26. The van der Waals surface area contributed by atoms with Gasteiger partial charge in [-0.3, -0.25) is 0 Å². The molecule has 1 unspecified atom stereocenters. The number of nitrogens with two attached hydrogens (primary N) is 1. The minimum Gasteiger partial charge on any atom is -0.459 e. The largest absolute Gasteiger partial charge is 0.459 e. The van der Waals surface area contributed by atoms with E-state index in [2.05, 4.69) is 0 Å². The number of ether oxygens (including phenoxy) is 2. The van der Waals surface area contributed by atoms with Crippen LogP contribution in [0.1, 0.15) is 48.9 Å². The van der Waals surface area contributed by atoms with E-state index in [0.717, 1.165) is 25.7 Å². The van der Waals surface area contributed by atoms with E-state index in [1.54, 1.807) is 18.2 Å². The second-order valence-electron chi connectivity index (χ2n) is 5.99. The zero-order chi connectivity index (χ0) is 14.9. The smallest absolute Gasteiger partial charge is 0.338 e. The third-order valence-electron chi connectivity index (χ3n) is 4.47. The molecule has 1 saturated heterocycles. The molecule has 1 atom stereocenters. The lowest BCUT2D eigenvalue weighted by atomic mass is 9.90. The fourth-order valence-electron chi connectivity index (χ4n) is 3.34. The van der Waals surface area contributed by atoms with Gasteiger partial charge in [0.2, 0.25) is 0 Å². The lowest BCUT2D eigenvalue weighted by molar-refractivity contribution is -0.117. The first kappa shape index (κ1) is 14.7. The van der Waals surface area contributed by atoms with Crippen LogP contribution < -0.4 is 5.73 Å². The molecule has 1 spiro atoms. The number of carbonyl (C=O) groups is 1. The Labute approximate surface area is 129 Å². The number of hydrogen-bond acceptors (Lipinski definition) is 4. The average molecular weight is 310 g/mol. The molecule has 0 aromatic heterocycles. The van der Waals surface area contributed by atoms with Gasteiger partial charge in [-0.25, -0.2) is 4.79 Å². The van der Waals surface area contributed by atoms with E-state index in [9.17, 15) is 4.79 Å². The van der Waals surface area contributed by atoms with E-state index in [-0.39, 0.29) is 17.7 Å². The zero-order valence-corrected chi connectivity index (χ0v) is 12.7. The zero-order valence-electron chi connectivity index (χ0n) is 11.9. The van der Waals surface area contributed by atoms with Crippen molar-refractivity contribution in [2.24, 2.45) is 0 Å². The molecule has 1 aliphatic carbocycles. The Kier molecular flexibility index (Phi) is 4.09. The van der Waals surface area contributed by atoms with Gasteiger partial charge in [-0.2, -0.15) is 0 Å². The number of carbonyl (C=O) groups excluding carboxylic acids is 1. The number of benzene rings is 1. The minimum absolute atomic E-state index is 0.0534. The molecule has 2 N–H and O–H groups in total. The Balaban J connectivity index is 1.65. The summed E-state index contributed by atoms with van der Waals surface area (Å²) in [4.78, 5) is 12.2. The summed E-state index contributed by atoms with van der Waals surface area (Å²) in [6.45, 7) is 0.667. The molecule has 4 nitrogen and oxygen atoms in total. The van der Waals surface area contributed by atoms with Crippen molar-refractivity contribution in [1.29, 1.82) is 0 Å². The molecule has 1 heterocycles. The van der Waals surface area contributed by atoms with Crippen LogP contribution in [-0.4, -0.2) is 24.3 Å². The molecular weight excluding hydrogens is 290 g/mol. The van der Waals surface area contributed by atoms with Crippen molar-refractivity contribution in [2.45, 2.75) is 50.2 Å². The molecule has 0 bridgehead atoms. The van der Waals surface area contributed by atoms with Crippen LogP contribution >= 0.6 is 11.6 Å². The summed E-state index contributed by atoms with van der Waals surface area (Å²) in [5.74, 6) is -0.335. The molecule has 2 fully saturated rings. The van der Waals surface area contributed by atoms with Crippen LogP contribution in [0.3, 0.4) is 0 Å². The lowest BCUT2D eigenvalue weighted by Gasteiger charge is -2.37. The van der Waals surface area contributed by atoms with E-state index >= 15 is 0 Å². The lowest BCUT2D eigenvalue weighted by Crippen LogP contribution is -2.41. The Morgan fingerprint density at radius 3 is 2.86 bits per heavy atom. The summed E-state index contributed by atoms with van der Waals surface area (Å²) in [5.41, 5.74) is 6.51. The number of esters is 1. The third-order valence-corrected chi connectivity index (χ3v) is 4.81. The molecule has 0 radical (unpaired) electrons. The average Bonchev–Trinajstić information content (AvgIpc) is 2.89.